The lowest BCUT2D eigenvalue weighted by Gasteiger charge is -2.27. The normalized spacial score (nSPS) is 16.1. The van der Waals surface area contributed by atoms with Gasteiger partial charge < -0.3 is 29.5 Å². The molecule has 9 nitrogen and oxygen atoms in total. The molecule has 3 aromatic rings. The minimum Gasteiger partial charge on any atom is -0.464 e. The standard InChI is InChI=1S/C22H21N3O6/c1-3-29-21(27)18-16(24-22(28)25-19(18)17-9-8-12(2)31-17)11-30-20(26)15-10-13-6-4-5-7-14(13)23-15/h4-10,19,23H,3,11H2,1-2H3,(H2,24,25,28). The molecule has 1 atom stereocenters. The van der Waals surface area contributed by atoms with Crippen molar-refractivity contribution >= 4 is 28.9 Å². The molecule has 0 spiro atoms. The van der Waals surface area contributed by atoms with Crippen LogP contribution in [-0.2, 0) is 14.3 Å². The molecule has 0 saturated heterocycles. The number of nitrogens with one attached hydrogen (secondary N) is 3. The summed E-state index contributed by atoms with van der Waals surface area (Å²) in [4.78, 5) is 40.4. The summed E-state index contributed by atoms with van der Waals surface area (Å²) in [7, 11) is 0. The van der Waals surface area contributed by atoms with Crippen LogP contribution in [0.1, 0.15) is 35.0 Å². The highest BCUT2D eigenvalue weighted by molar-refractivity contribution is 5.96. The molecule has 1 aliphatic heterocycles. The van der Waals surface area contributed by atoms with Crippen molar-refractivity contribution < 1.29 is 28.3 Å². The van der Waals surface area contributed by atoms with Gasteiger partial charge in [-0.1, -0.05) is 18.2 Å². The number of urea groups is 1. The van der Waals surface area contributed by atoms with E-state index in [0.717, 1.165) is 10.9 Å². The average molecular weight is 423 g/mol. The zero-order chi connectivity index (χ0) is 22.0. The fraction of sp³-hybridized carbons (Fsp3) is 0.227. The molecule has 2 aromatic heterocycles. The molecule has 1 unspecified atom stereocenters. The number of aromatic nitrogens is 1. The number of aromatic amines is 1. The third-order valence-corrected chi connectivity index (χ3v) is 4.79. The van der Waals surface area contributed by atoms with E-state index >= 15 is 0 Å². The van der Waals surface area contributed by atoms with Crippen LogP contribution in [0.15, 0.2) is 58.2 Å². The minimum atomic E-state index is -0.872. The Morgan fingerprint density at radius 2 is 1.90 bits per heavy atom. The highest BCUT2D eigenvalue weighted by Crippen LogP contribution is 2.29. The van der Waals surface area contributed by atoms with Crippen molar-refractivity contribution in [2.75, 3.05) is 13.2 Å². The molecule has 160 valence electrons. The summed E-state index contributed by atoms with van der Waals surface area (Å²) >= 11 is 0. The van der Waals surface area contributed by atoms with E-state index in [1.54, 1.807) is 32.0 Å². The molecule has 4 rings (SSSR count). The minimum absolute atomic E-state index is 0.111. The van der Waals surface area contributed by atoms with Gasteiger partial charge in [0, 0.05) is 10.9 Å². The van der Waals surface area contributed by atoms with Crippen LogP contribution in [0.5, 0.6) is 0 Å². The third kappa shape index (κ3) is 4.16. The molecule has 3 heterocycles. The van der Waals surface area contributed by atoms with Gasteiger partial charge in [0.2, 0.25) is 0 Å². The molecule has 0 fully saturated rings. The van der Waals surface area contributed by atoms with E-state index < -0.39 is 24.0 Å². The fourth-order valence-electron chi connectivity index (χ4n) is 3.40. The number of aryl methyl sites for hydroxylation is 1. The summed E-state index contributed by atoms with van der Waals surface area (Å²) in [5, 5.41) is 6.06. The number of esters is 2. The smallest absolute Gasteiger partial charge is 0.355 e. The highest BCUT2D eigenvalue weighted by Gasteiger charge is 2.36. The summed E-state index contributed by atoms with van der Waals surface area (Å²) in [6.07, 6.45) is 0. The Morgan fingerprint density at radius 3 is 2.61 bits per heavy atom. The van der Waals surface area contributed by atoms with E-state index in [4.69, 9.17) is 13.9 Å². The quantitative estimate of drug-likeness (QED) is 0.524. The number of carbonyl (C=O) groups is 3. The number of fused-ring (bicyclic) bond motifs is 1. The van der Waals surface area contributed by atoms with E-state index in [-0.39, 0.29) is 30.2 Å². The topological polar surface area (TPSA) is 123 Å². The third-order valence-electron chi connectivity index (χ3n) is 4.79. The van der Waals surface area contributed by atoms with Crippen LogP contribution in [-0.4, -0.2) is 36.2 Å². The van der Waals surface area contributed by atoms with Crippen molar-refractivity contribution in [2.45, 2.75) is 19.9 Å². The lowest BCUT2D eigenvalue weighted by atomic mass is 10.0. The van der Waals surface area contributed by atoms with Gasteiger partial charge in [0.1, 0.15) is 29.9 Å². The van der Waals surface area contributed by atoms with Gasteiger partial charge >= 0.3 is 18.0 Å². The van der Waals surface area contributed by atoms with Gasteiger partial charge in [-0.3, -0.25) is 0 Å². The Kier molecular flexibility index (Phi) is 5.48. The molecule has 0 aliphatic carbocycles. The summed E-state index contributed by atoms with van der Waals surface area (Å²) in [5.41, 5.74) is 1.30. The van der Waals surface area contributed by atoms with Crippen LogP contribution in [0.25, 0.3) is 10.9 Å². The number of para-hydroxylation sites is 1. The van der Waals surface area contributed by atoms with Crippen LogP contribution in [0.4, 0.5) is 4.79 Å². The second-order valence-corrected chi connectivity index (χ2v) is 6.94. The van der Waals surface area contributed by atoms with Gasteiger partial charge in [-0.15, -0.1) is 0 Å². The average Bonchev–Trinajstić information content (AvgIpc) is 3.37. The predicted molar refractivity (Wildman–Crippen MR) is 110 cm³/mol. The monoisotopic (exact) mass is 423 g/mol. The molecule has 1 aromatic carbocycles. The second kappa shape index (κ2) is 8.39. The van der Waals surface area contributed by atoms with Crippen LogP contribution < -0.4 is 10.6 Å². The molecule has 0 radical (unpaired) electrons. The van der Waals surface area contributed by atoms with Gasteiger partial charge in [0.15, 0.2) is 0 Å². The van der Waals surface area contributed by atoms with Crippen molar-refractivity contribution in [2.24, 2.45) is 0 Å². The van der Waals surface area contributed by atoms with Crippen LogP contribution in [0.2, 0.25) is 0 Å². The van der Waals surface area contributed by atoms with Crippen LogP contribution in [0.3, 0.4) is 0 Å². The van der Waals surface area contributed by atoms with Crippen molar-refractivity contribution in [3.05, 3.63) is 70.9 Å². The summed E-state index contributed by atoms with van der Waals surface area (Å²) in [5.74, 6) is -0.275. The van der Waals surface area contributed by atoms with E-state index in [2.05, 4.69) is 15.6 Å². The Morgan fingerprint density at radius 1 is 1.10 bits per heavy atom. The number of H-pyrrole nitrogens is 1. The van der Waals surface area contributed by atoms with Crippen molar-refractivity contribution in [1.82, 2.24) is 15.6 Å². The second-order valence-electron chi connectivity index (χ2n) is 6.94. The molecule has 2 amide bonds. The van der Waals surface area contributed by atoms with Crippen molar-refractivity contribution in [1.29, 1.82) is 0 Å². The van der Waals surface area contributed by atoms with Gasteiger partial charge in [0.05, 0.1) is 17.9 Å². The maximum Gasteiger partial charge on any atom is 0.355 e. The molecular formula is C22H21N3O6. The zero-order valence-corrected chi connectivity index (χ0v) is 17.0. The Hall–Kier alpha value is -4.01. The Labute approximate surface area is 177 Å². The van der Waals surface area contributed by atoms with Crippen LogP contribution in [0, 0.1) is 6.92 Å². The Bertz CT molecular complexity index is 1160. The Balaban J connectivity index is 1.62. The first-order chi connectivity index (χ1) is 15.0. The number of furan rings is 1. The molecule has 31 heavy (non-hydrogen) atoms. The van der Waals surface area contributed by atoms with Crippen molar-refractivity contribution in [3.8, 4) is 0 Å². The summed E-state index contributed by atoms with van der Waals surface area (Å²) in [6, 6.07) is 11.1. The lowest BCUT2D eigenvalue weighted by Crippen LogP contribution is -2.47. The largest absolute Gasteiger partial charge is 0.464 e. The van der Waals surface area contributed by atoms with E-state index in [1.807, 2.05) is 24.3 Å². The number of amides is 2. The number of hydrogen-bond donors (Lipinski definition) is 3. The van der Waals surface area contributed by atoms with E-state index in [9.17, 15) is 14.4 Å². The highest BCUT2D eigenvalue weighted by atomic mass is 16.5. The number of carbonyl (C=O) groups excluding carboxylic acids is 3. The van der Waals surface area contributed by atoms with E-state index in [1.165, 1.54) is 0 Å². The number of rotatable bonds is 6. The van der Waals surface area contributed by atoms with Gasteiger partial charge in [-0.05, 0) is 38.1 Å². The number of hydrogen-bond acceptors (Lipinski definition) is 6. The number of ether oxygens (including phenoxy) is 2. The summed E-state index contributed by atoms with van der Waals surface area (Å²) < 4.78 is 16.2. The fourth-order valence-corrected chi connectivity index (χ4v) is 3.40. The van der Waals surface area contributed by atoms with Gasteiger partial charge in [-0.2, -0.15) is 0 Å². The van der Waals surface area contributed by atoms with Gasteiger partial charge in [-0.25, -0.2) is 14.4 Å². The van der Waals surface area contributed by atoms with Crippen LogP contribution >= 0.6 is 0 Å². The van der Waals surface area contributed by atoms with Crippen molar-refractivity contribution in [3.63, 3.8) is 0 Å². The molecule has 0 bridgehead atoms. The van der Waals surface area contributed by atoms with Gasteiger partial charge in [0.25, 0.3) is 0 Å². The molecule has 1 aliphatic rings. The molecule has 3 N–H and O–H groups in total. The lowest BCUT2D eigenvalue weighted by molar-refractivity contribution is -0.139. The first-order valence-electron chi connectivity index (χ1n) is 9.75. The molecular weight excluding hydrogens is 402 g/mol. The zero-order valence-electron chi connectivity index (χ0n) is 17.0. The maximum atomic E-state index is 12.7. The van der Waals surface area contributed by atoms with E-state index in [0.29, 0.717) is 11.5 Å². The first kappa shape index (κ1) is 20.3. The summed E-state index contributed by atoms with van der Waals surface area (Å²) in [6.45, 7) is 3.24. The predicted octanol–water partition coefficient (Wildman–Crippen LogP) is 3.10. The number of benzene rings is 1. The molecule has 9 heteroatoms. The SMILES string of the molecule is CCOC(=O)C1=C(COC(=O)c2cc3ccccc3[nH]2)NC(=O)NC1c1ccc(C)o1. The molecule has 0 saturated carbocycles. The maximum absolute atomic E-state index is 12.7. The first-order valence-corrected chi connectivity index (χ1v) is 9.75.